The van der Waals surface area contributed by atoms with E-state index in [1.165, 1.54) is 32.6 Å². The van der Waals surface area contributed by atoms with E-state index < -0.39 is 0 Å². The third kappa shape index (κ3) is 4.73. The van der Waals surface area contributed by atoms with Crippen LogP contribution in [0.1, 0.15) is 53.8 Å². The summed E-state index contributed by atoms with van der Waals surface area (Å²) in [6, 6.07) is 17.1. The molecule has 0 aromatic heterocycles. The highest BCUT2D eigenvalue weighted by atomic mass is 32.2. The molecule has 1 saturated carbocycles. The zero-order chi connectivity index (χ0) is 17.6. The molecule has 3 rings (SSSR count). The molecule has 0 aliphatic heterocycles. The van der Waals surface area contributed by atoms with Crippen LogP contribution in [-0.2, 0) is 4.79 Å². The molecular weight excluding hydrogens is 330 g/mol. The van der Waals surface area contributed by atoms with Gasteiger partial charge in [0.2, 0.25) is 5.91 Å². The highest BCUT2D eigenvalue weighted by molar-refractivity contribution is 8.00. The van der Waals surface area contributed by atoms with Gasteiger partial charge in [-0.05, 0) is 37.5 Å². The maximum Gasteiger partial charge on any atom is 0.242 e. The molecule has 25 heavy (non-hydrogen) atoms. The lowest BCUT2D eigenvalue weighted by Crippen LogP contribution is -2.21. The molecule has 1 fully saturated rings. The Morgan fingerprint density at radius 3 is 2.44 bits per heavy atom. The SMILES string of the molecule is CC(=O)c1cccc(NC(=O)[C@H](SC2CCCC2)c2ccccc2)c1. The second kappa shape index (κ2) is 8.34. The topological polar surface area (TPSA) is 46.2 Å². The summed E-state index contributed by atoms with van der Waals surface area (Å²) < 4.78 is 0. The number of ketones is 1. The number of anilines is 1. The maximum absolute atomic E-state index is 13.0. The highest BCUT2D eigenvalue weighted by Crippen LogP contribution is 2.40. The summed E-state index contributed by atoms with van der Waals surface area (Å²) in [5.74, 6) is -0.0279. The fourth-order valence-electron chi connectivity index (χ4n) is 3.16. The predicted molar refractivity (Wildman–Crippen MR) is 104 cm³/mol. The molecule has 2 aromatic carbocycles. The van der Waals surface area contributed by atoms with Gasteiger partial charge < -0.3 is 5.32 Å². The van der Waals surface area contributed by atoms with Crippen LogP contribution in [0.3, 0.4) is 0 Å². The van der Waals surface area contributed by atoms with E-state index in [4.69, 9.17) is 0 Å². The van der Waals surface area contributed by atoms with E-state index >= 15 is 0 Å². The lowest BCUT2D eigenvalue weighted by molar-refractivity contribution is -0.115. The minimum absolute atomic E-state index is 0.00367. The third-order valence-corrected chi connectivity index (χ3v) is 6.12. The molecule has 0 heterocycles. The Morgan fingerprint density at radius 2 is 1.76 bits per heavy atom. The number of hydrogen-bond acceptors (Lipinski definition) is 3. The smallest absolute Gasteiger partial charge is 0.242 e. The zero-order valence-corrected chi connectivity index (χ0v) is 15.2. The zero-order valence-electron chi connectivity index (χ0n) is 14.4. The number of carbonyl (C=O) groups is 2. The van der Waals surface area contributed by atoms with E-state index in [1.807, 2.05) is 36.4 Å². The molecule has 0 spiro atoms. The normalized spacial score (nSPS) is 15.7. The quantitative estimate of drug-likeness (QED) is 0.722. The van der Waals surface area contributed by atoms with Crippen LogP contribution >= 0.6 is 11.8 Å². The van der Waals surface area contributed by atoms with Crippen molar-refractivity contribution in [2.24, 2.45) is 0 Å². The summed E-state index contributed by atoms with van der Waals surface area (Å²) in [5.41, 5.74) is 2.31. The first kappa shape index (κ1) is 17.7. The van der Waals surface area contributed by atoms with Gasteiger partial charge in [0, 0.05) is 16.5 Å². The van der Waals surface area contributed by atoms with Gasteiger partial charge in [0.15, 0.2) is 5.78 Å². The molecular formula is C21H23NO2S. The van der Waals surface area contributed by atoms with Gasteiger partial charge >= 0.3 is 0 Å². The largest absolute Gasteiger partial charge is 0.325 e. The summed E-state index contributed by atoms with van der Waals surface area (Å²) in [6.07, 6.45) is 4.87. The second-order valence-electron chi connectivity index (χ2n) is 6.46. The monoisotopic (exact) mass is 353 g/mol. The highest BCUT2D eigenvalue weighted by Gasteiger charge is 2.27. The number of Topliss-reactive ketones (excluding diaryl/α,β-unsaturated/α-hetero) is 1. The van der Waals surface area contributed by atoms with Gasteiger partial charge in [0.05, 0.1) is 0 Å². The van der Waals surface area contributed by atoms with Crippen LogP contribution in [0, 0.1) is 0 Å². The second-order valence-corrected chi connectivity index (χ2v) is 7.87. The standard InChI is InChI=1S/C21H23NO2S/c1-15(23)17-10-7-11-18(14-17)22-21(24)20(16-8-3-2-4-9-16)25-19-12-5-6-13-19/h2-4,7-11,14,19-20H,5-6,12-13H2,1H3,(H,22,24)/t20-/m1/s1. The van der Waals surface area contributed by atoms with Crippen LogP contribution in [0.25, 0.3) is 0 Å². The molecule has 130 valence electrons. The van der Waals surface area contributed by atoms with E-state index in [9.17, 15) is 9.59 Å². The number of carbonyl (C=O) groups excluding carboxylic acids is 2. The van der Waals surface area contributed by atoms with Gasteiger partial charge in [-0.25, -0.2) is 0 Å². The minimum atomic E-state index is -0.231. The van der Waals surface area contributed by atoms with E-state index in [-0.39, 0.29) is 16.9 Å². The molecule has 0 unspecified atom stereocenters. The molecule has 0 bridgehead atoms. The maximum atomic E-state index is 13.0. The molecule has 1 atom stereocenters. The van der Waals surface area contributed by atoms with Crippen molar-refractivity contribution in [1.82, 2.24) is 0 Å². The van der Waals surface area contributed by atoms with E-state index in [0.29, 0.717) is 16.5 Å². The first-order chi connectivity index (χ1) is 12.1. The van der Waals surface area contributed by atoms with Crippen molar-refractivity contribution in [3.63, 3.8) is 0 Å². The fraction of sp³-hybridized carbons (Fsp3) is 0.333. The van der Waals surface area contributed by atoms with Gasteiger partial charge in [-0.2, -0.15) is 0 Å². The molecule has 2 aromatic rings. The van der Waals surface area contributed by atoms with Crippen molar-refractivity contribution >= 4 is 29.1 Å². The first-order valence-corrected chi connectivity index (χ1v) is 9.70. The summed E-state index contributed by atoms with van der Waals surface area (Å²) in [7, 11) is 0. The van der Waals surface area contributed by atoms with Gasteiger partial charge in [-0.3, -0.25) is 9.59 Å². The Hall–Kier alpha value is -2.07. The van der Waals surface area contributed by atoms with E-state index in [0.717, 1.165) is 5.56 Å². The van der Waals surface area contributed by atoms with Gasteiger partial charge in [-0.1, -0.05) is 55.3 Å². The number of benzene rings is 2. The van der Waals surface area contributed by atoms with Crippen LogP contribution in [0.4, 0.5) is 5.69 Å². The fourth-order valence-corrected chi connectivity index (χ4v) is 4.65. The lowest BCUT2D eigenvalue weighted by Gasteiger charge is -2.20. The molecule has 0 saturated heterocycles. The molecule has 0 radical (unpaired) electrons. The number of hydrogen-bond donors (Lipinski definition) is 1. The summed E-state index contributed by atoms with van der Waals surface area (Å²) in [6.45, 7) is 1.53. The van der Waals surface area contributed by atoms with Crippen LogP contribution < -0.4 is 5.32 Å². The Balaban J connectivity index is 1.78. The van der Waals surface area contributed by atoms with Crippen molar-refractivity contribution in [2.75, 3.05) is 5.32 Å². The van der Waals surface area contributed by atoms with Crippen molar-refractivity contribution < 1.29 is 9.59 Å². The molecule has 4 heteroatoms. The van der Waals surface area contributed by atoms with Gasteiger partial charge in [0.1, 0.15) is 5.25 Å². The van der Waals surface area contributed by atoms with Crippen LogP contribution in [0.15, 0.2) is 54.6 Å². The van der Waals surface area contributed by atoms with Gasteiger partial charge in [0.25, 0.3) is 0 Å². The lowest BCUT2D eigenvalue weighted by atomic mass is 10.1. The van der Waals surface area contributed by atoms with Crippen molar-refractivity contribution in [3.8, 4) is 0 Å². The van der Waals surface area contributed by atoms with Crippen LogP contribution in [-0.4, -0.2) is 16.9 Å². The van der Waals surface area contributed by atoms with Crippen LogP contribution in [0.5, 0.6) is 0 Å². The van der Waals surface area contributed by atoms with E-state index in [2.05, 4.69) is 5.32 Å². The van der Waals surface area contributed by atoms with E-state index in [1.54, 1.807) is 30.0 Å². The Labute approximate surface area is 153 Å². The molecule has 1 aliphatic carbocycles. The van der Waals surface area contributed by atoms with Gasteiger partial charge in [-0.15, -0.1) is 11.8 Å². The number of amides is 1. The molecule has 1 amide bonds. The molecule has 1 aliphatic rings. The predicted octanol–water partition coefficient (Wildman–Crippen LogP) is 5.24. The Bertz CT molecular complexity index is 739. The third-order valence-electron chi connectivity index (χ3n) is 4.51. The average molecular weight is 353 g/mol. The molecule has 3 nitrogen and oxygen atoms in total. The number of nitrogens with one attached hydrogen (secondary N) is 1. The Morgan fingerprint density at radius 1 is 1.04 bits per heavy atom. The number of rotatable bonds is 6. The van der Waals surface area contributed by atoms with Crippen molar-refractivity contribution in [1.29, 1.82) is 0 Å². The van der Waals surface area contributed by atoms with Crippen molar-refractivity contribution in [3.05, 3.63) is 65.7 Å². The van der Waals surface area contributed by atoms with Crippen molar-refractivity contribution in [2.45, 2.75) is 43.1 Å². The minimum Gasteiger partial charge on any atom is -0.325 e. The van der Waals surface area contributed by atoms with Crippen LogP contribution in [0.2, 0.25) is 0 Å². The summed E-state index contributed by atoms with van der Waals surface area (Å²) in [5, 5.41) is 3.31. The Kier molecular flexibility index (Phi) is 5.92. The summed E-state index contributed by atoms with van der Waals surface area (Å²) in [4.78, 5) is 24.5. The summed E-state index contributed by atoms with van der Waals surface area (Å²) >= 11 is 1.76. The first-order valence-electron chi connectivity index (χ1n) is 8.76. The number of thioether (sulfide) groups is 1. The molecule has 1 N–H and O–H groups in total. The average Bonchev–Trinajstić information content (AvgIpc) is 3.14.